The molecule has 2 N–H and O–H groups in total. The van der Waals surface area contributed by atoms with E-state index in [0.29, 0.717) is 6.42 Å². The van der Waals surface area contributed by atoms with E-state index in [1.54, 1.807) is 12.1 Å². The zero-order valence-electron chi connectivity index (χ0n) is 13.6. The number of hydrogen-bond acceptors (Lipinski definition) is 2. The number of rotatable bonds is 3. The fourth-order valence-electron chi connectivity index (χ4n) is 3.46. The Kier molecular flexibility index (Phi) is 4.56. The van der Waals surface area contributed by atoms with Gasteiger partial charge in [-0.3, -0.25) is 0 Å². The van der Waals surface area contributed by atoms with E-state index in [2.05, 4.69) is 0 Å². The zero-order chi connectivity index (χ0) is 17.3. The van der Waals surface area contributed by atoms with Crippen LogP contribution in [0.5, 0.6) is 11.5 Å². The van der Waals surface area contributed by atoms with Crippen molar-refractivity contribution in [3.63, 3.8) is 0 Å². The summed E-state index contributed by atoms with van der Waals surface area (Å²) in [5.41, 5.74) is 4.03. The van der Waals surface area contributed by atoms with Crippen LogP contribution >= 0.6 is 0 Å². The second-order valence-corrected chi connectivity index (χ2v) is 6.16. The molecule has 2 aromatic rings. The fraction of sp³-hybridized carbons (Fsp3) is 0.300. The Morgan fingerprint density at radius 1 is 0.958 bits per heavy atom. The van der Waals surface area contributed by atoms with Gasteiger partial charge in [-0.05, 0) is 72.2 Å². The van der Waals surface area contributed by atoms with Crippen molar-refractivity contribution in [3.05, 3.63) is 58.7 Å². The minimum absolute atomic E-state index is 0.217. The van der Waals surface area contributed by atoms with E-state index in [1.807, 2.05) is 13.0 Å². The molecule has 0 saturated heterocycles. The lowest BCUT2D eigenvalue weighted by molar-refractivity contribution is 0.406. The molecule has 1 aliphatic carbocycles. The van der Waals surface area contributed by atoms with Crippen LogP contribution in [0.15, 0.2) is 30.3 Å². The third-order valence-corrected chi connectivity index (χ3v) is 4.54. The lowest BCUT2D eigenvalue weighted by atomic mass is 9.89. The molecule has 0 aliphatic heterocycles. The topological polar surface area (TPSA) is 40.5 Å². The lowest BCUT2D eigenvalue weighted by Gasteiger charge is -2.16. The molecule has 3 rings (SSSR count). The van der Waals surface area contributed by atoms with Gasteiger partial charge in [0.2, 0.25) is 5.82 Å². The Morgan fingerprint density at radius 3 is 2.46 bits per heavy atom. The average molecular weight is 330 g/mol. The maximum Gasteiger partial charge on any atom is 0.200 e. The van der Waals surface area contributed by atoms with Crippen molar-refractivity contribution >= 4 is 11.1 Å². The predicted molar refractivity (Wildman–Crippen MR) is 90.8 cm³/mol. The molecule has 24 heavy (non-hydrogen) atoms. The van der Waals surface area contributed by atoms with Crippen molar-refractivity contribution in [3.8, 4) is 11.5 Å². The molecule has 0 spiro atoms. The third-order valence-electron chi connectivity index (χ3n) is 4.54. The number of phenolic OH excluding ortho intramolecular Hbond substituents is 2. The van der Waals surface area contributed by atoms with Gasteiger partial charge in [0.15, 0.2) is 11.6 Å². The fourth-order valence-corrected chi connectivity index (χ4v) is 3.46. The van der Waals surface area contributed by atoms with E-state index in [0.717, 1.165) is 48.0 Å². The average Bonchev–Trinajstić information content (AvgIpc) is 2.73. The smallest absolute Gasteiger partial charge is 0.200 e. The molecular weight excluding hydrogens is 310 g/mol. The van der Waals surface area contributed by atoms with Crippen molar-refractivity contribution < 1.29 is 19.0 Å². The van der Waals surface area contributed by atoms with Crippen LogP contribution < -0.4 is 0 Å². The summed E-state index contributed by atoms with van der Waals surface area (Å²) >= 11 is 0. The van der Waals surface area contributed by atoms with Crippen LogP contribution in [0.2, 0.25) is 0 Å². The first kappa shape index (κ1) is 16.5. The van der Waals surface area contributed by atoms with E-state index >= 15 is 0 Å². The molecule has 0 atom stereocenters. The molecular formula is C20H20F2O2. The highest BCUT2D eigenvalue weighted by atomic mass is 19.2. The van der Waals surface area contributed by atoms with Gasteiger partial charge in [-0.15, -0.1) is 0 Å². The number of hydrogen-bond donors (Lipinski definition) is 2. The van der Waals surface area contributed by atoms with E-state index < -0.39 is 17.4 Å². The van der Waals surface area contributed by atoms with E-state index in [-0.39, 0.29) is 11.3 Å². The molecule has 0 aromatic heterocycles. The quantitative estimate of drug-likeness (QED) is 0.788. The van der Waals surface area contributed by atoms with Gasteiger partial charge in [-0.2, -0.15) is 4.39 Å². The Morgan fingerprint density at radius 2 is 1.71 bits per heavy atom. The van der Waals surface area contributed by atoms with Gasteiger partial charge in [0.1, 0.15) is 5.75 Å². The van der Waals surface area contributed by atoms with Gasteiger partial charge in [0.25, 0.3) is 0 Å². The molecule has 4 heteroatoms. The first-order valence-corrected chi connectivity index (χ1v) is 8.24. The molecule has 0 saturated carbocycles. The van der Waals surface area contributed by atoms with Crippen molar-refractivity contribution in [2.75, 3.05) is 0 Å². The summed E-state index contributed by atoms with van der Waals surface area (Å²) in [6.45, 7) is 2.04. The minimum atomic E-state index is -1.20. The highest BCUT2D eigenvalue weighted by molar-refractivity contribution is 5.92. The normalized spacial score (nSPS) is 14.5. The summed E-state index contributed by atoms with van der Waals surface area (Å²) in [5, 5.41) is 19.1. The Labute approximate surface area is 140 Å². The third kappa shape index (κ3) is 2.88. The summed E-state index contributed by atoms with van der Waals surface area (Å²) in [6.07, 6.45) is 3.83. The van der Waals surface area contributed by atoms with Crippen LogP contribution in [0.3, 0.4) is 0 Å². The second kappa shape index (κ2) is 6.63. The van der Waals surface area contributed by atoms with Crippen molar-refractivity contribution in [2.45, 2.75) is 39.0 Å². The van der Waals surface area contributed by atoms with Crippen LogP contribution in [0.1, 0.15) is 49.3 Å². The first-order chi connectivity index (χ1) is 11.5. The second-order valence-electron chi connectivity index (χ2n) is 6.16. The number of fused-ring (bicyclic) bond motifs is 1. The van der Waals surface area contributed by atoms with Gasteiger partial charge in [-0.1, -0.05) is 19.4 Å². The molecule has 0 unspecified atom stereocenters. The number of halogens is 2. The highest BCUT2D eigenvalue weighted by Gasteiger charge is 2.22. The largest absolute Gasteiger partial charge is 0.508 e. The zero-order valence-corrected chi connectivity index (χ0v) is 13.6. The molecule has 0 radical (unpaired) electrons. The number of allylic oxidation sites excluding steroid dienone is 2. The first-order valence-electron chi connectivity index (χ1n) is 8.24. The van der Waals surface area contributed by atoms with E-state index in [1.165, 1.54) is 12.1 Å². The highest BCUT2D eigenvalue weighted by Crippen LogP contribution is 2.40. The van der Waals surface area contributed by atoms with Gasteiger partial charge >= 0.3 is 0 Å². The van der Waals surface area contributed by atoms with Crippen LogP contribution in [-0.4, -0.2) is 10.2 Å². The molecule has 0 amide bonds. The Balaban J connectivity index is 2.24. The molecule has 2 aromatic carbocycles. The lowest BCUT2D eigenvalue weighted by Crippen LogP contribution is -1.98. The Bertz CT molecular complexity index is 810. The van der Waals surface area contributed by atoms with Gasteiger partial charge in [-0.25, -0.2) is 4.39 Å². The van der Waals surface area contributed by atoms with E-state index in [4.69, 9.17) is 0 Å². The number of benzene rings is 2. The number of aryl methyl sites for hydroxylation is 1. The van der Waals surface area contributed by atoms with Crippen molar-refractivity contribution in [1.82, 2.24) is 0 Å². The molecule has 126 valence electrons. The van der Waals surface area contributed by atoms with Crippen molar-refractivity contribution in [2.24, 2.45) is 0 Å². The van der Waals surface area contributed by atoms with Crippen LogP contribution in [-0.2, 0) is 6.42 Å². The molecule has 0 heterocycles. The number of aromatic hydroxyl groups is 2. The molecule has 2 nitrogen and oxygen atoms in total. The minimum Gasteiger partial charge on any atom is -0.508 e. The van der Waals surface area contributed by atoms with Crippen LogP contribution in [0.4, 0.5) is 8.78 Å². The maximum atomic E-state index is 14.4. The SMILES string of the molecule is CCCC1=C(c2ccc(O)c(F)c2F)CCCc2cc(O)ccc21. The van der Waals surface area contributed by atoms with Crippen molar-refractivity contribution in [1.29, 1.82) is 0 Å². The summed E-state index contributed by atoms with van der Waals surface area (Å²) < 4.78 is 28.3. The maximum absolute atomic E-state index is 14.4. The molecule has 1 aliphatic rings. The van der Waals surface area contributed by atoms with Crippen LogP contribution in [0, 0.1) is 11.6 Å². The summed E-state index contributed by atoms with van der Waals surface area (Å²) in [7, 11) is 0. The predicted octanol–water partition coefficient (Wildman–Crippen LogP) is 5.42. The van der Waals surface area contributed by atoms with Gasteiger partial charge in [0, 0.05) is 5.56 Å². The molecule has 0 fully saturated rings. The van der Waals surface area contributed by atoms with E-state index in [9.17, 15) is 19.0 Å². The van der Waals surface area contributed by atoms with Crippen LogP contribution in [0.25, 0.3) is 11.1 Å². The monoisotopic (exact) mass is 330 g/mol. The standard InChI is InChI=1S/C20H20F2O2/c1-2-4-15-14-8-7-13(23)11-12(14)5-3-6-16(15)17-9-10-18(24)20(22)19(17)21/h7-11,23-24H,2-6H2,1H3. The number of phenols is 2. The molecule has 0 bridgehead atoms. The van der Waals surface area contributed by atoms with Gasteiger partial charge < -0.3 is 10.2 Å². The summed E-state index contributed by atoms with van der Waals surface area (Å²) in [6, 6.07) is 7.89. The van der Waals surface area contributed by atoms with Gasteiger partial charge in [0.05, 0.1) is 0 Å². The Hall–Kier alpha value is -2.36. The summed E-state index contributed by atoms with van der Waals surface area (Å²) in [5.74, 6) is -2.66. The summed E-state index contributed by atoms with van der Waals surface area (Å²) in [4.78, 5) is 0.